The highest BCUT2D eigenvalue weighted by atomic mass is 32.2. The minimum atomic E-state index is -4.49. The van der Waals surface area contributed by atoms with Gasteiger partial charge in [-0.2, -0.15) is 0 Å². The lowest BCUT2D eigenvalue weighted by molar-refractivity contribution is -0.386. The number of rotatable bonds is 8. The summed E-state index contributed by atoms with van der Waals surface area (Å²) in [4.78, 5) is 34.9. The van der Waals surface area contributed by atoms with Gasteiger partial charge in [0.15, 0.2) is 5.78 Å². The van der Waals surface area contributed by atoms with E-state index in [4.69, 9.17) is 0 Å². The van der Waals surface area contributed by atoms with Crippen LogP contribution in [0, 0.1) is 47.9 Å². The second-order valence-electron chi connectivity index (χ2n) is 10.4. The molecule has 5 rings (SSSR count). The van der Waals surface area contributed by atoms with Crippen molar-refractivity contribution in [3.8, 4) is 11.1 Å². The Morgan fingerprint density at radius 1 is 0.591 bits per heavy atom. The molecule has 1 aliphatic rings. The summed E-state index contributed by atoms with van der Waals surface area (Å²) in [6, 6.07) is 13.2. The zero-order chi connectivity index (χ0) is 32.3. The molecule has 0 unspecified atom stereocenters. The number of anilines is 2. The van der Waals surface area contributed by atoms with Crippen molar-refractivity contribution in [1.82, 2.24) is 0 Å². The Kier molecular flexibility index (Phi) is 7.26. The number of hydrogen-bond acceptors (Lipinski definition) is 9. The van der Waals surface area contributed by atoms with Gasteiger partial charge in [0.05, 0.1) is 42.1 Å². The first-order valence-corrected chi connectivity index (χ1v) is 15.9. The molecule has 15 heteroatoms. The van der Waals surface area contributed by atoms with Crippen molar-refractivity contribution in [2.75, 3.05) is 9.44 Å². The molecule has 0 saturated carbocycles. The standard InChI is InChI=1S/C29H24N4O9S2/c1-15-5-7-17(3)23(9-15)30-43(39,40)19-11-21-27(25(13-19)32(35)36)28-22(29(21)34)12-20(14-26(28)33(37)38)44(41,42)31-24-10-16(2)6-8-18(24)4/h5-14,30-31H,1-4H3. The minimum Gasteiger partial charge on any atom is -0.289 e. The smallest absolute Gasteiger partial charge is 0.279 e. The Bertz CT molecular complexity index is 2020. The molecule has 0 heterocycles. The molecule has 226 valence electrons. The summed E-state index contributed by atoms with van der Waals surface area (Å²) in [7, 11) is -8.97. The third-order valence-electron chi connectivity index (χ3n) is 7.21. The number of ketones is 1. The van der Waals surface area contributed by atoms with E-state index in [2.05, 4.69) is 9.44 Å². The SMILES string of the molecule is Cc1ccc(C)c(NS(=O)(=O)c2cc3c(c([N+](=O)[O-])c2)-c2c(cc(S(=O)(=O)Nc4cc(C)ccc4C)cc2[N+](=O)[O-])C3=O)c1. The van der Waals surface area contributed by atoms with E-state index >= 15 is 0 Å². The molecule has 4 aromatic rings. The van der Waals surface area contributed by atoms with Gasteiger partial charge in [0.25, 0.3) is 31.4 Å². The van der Waals surface area contributed by atoms with Crippen molar-refractivity contribution in [3.63, 3.8) is 0 Å². The largest absolute Gasteiger partial charge is 0.289 e. The van der Waals surface area contributed by atoms with Crippen LogP contribution in [0.25, 0.3) is 11.1 Å². The van der Waals surface area contributed by atoms with Gasteiger partial charge >= 0.3 is 0 Å². The van der Waals surface area contributed by atoms with Crippen molar-refractivity contribution in [2.24, 2.45) is 0 Å². The Labute approximate surface area is 252 Å². The van der Waals surface area contributed by atoms with E-state index < -0.39 is 79.1 Å². The highest BCUT2D eigenvalue weighted by Crippen LogP contribution is 2.49. The topological polar surface area (TPSA) is 196 Å². The fourth-order valence-corrected chi connectivity index (χ4v) is 7.26. The van der Waals surface area contributed by atoms with Crippen molar-refractivity contribution in [3.05, 3.63) is 114 Å². The molecule has 0 spiro atoms. The second kappa shape index (κ2) is 10.5. The van der Waals surface area contributed by atoms with Gasteiger partial charge in [-0.1, -0.05) is 24.3 Å². The molecule has 4 aromatic carbocycles. The quantitative estimate of drug-likeness (QED) is 0.162. The summed E-state index contributed by atoms with van der Waals surface area (Å²) in [5, 5.41) is 24.4. The van der Waals surface area contributed by atoms with Crippen LogP contribution in [0.4, 0.5) is 22.7 Å². The molecule has 0 aliphatic heterocycles. The maximum Gasteiger partial charge on any atom is 0.279 e. The third kappa shape index (κ3) is 5.26. The molecule has 0 saturated heterocycles. The maximum absolute atomic E-state index is 13.6. The van der Waals surface area contributed by atoms with E-state index in [1.165, 1.54) is 0 Å². The van der Waals surface area contributed by atoms with Crippen molar-refractivity contribution in [1.29, 1.82) is 0 Å². The normalized spacial score (nSPS) is 12.4. The number of nitro groups is 2. The van der Waals surface area contributed by atoms with Crippen LogP contribution in [0.15, 0.2) is 70.5 Å². The molecule has 0 fully saturated rings. The first-order valence-electron chi connectivity index (χ1n) is 12.9. The number of carbonyl (C=O) groups is 1. The van der Waals surface area contributed by atoms with Crippen LogP contribution < -0.4 is 9.44 Å². The molecular weight excluding hydrogens is 612 g/mol. The van der Waals surface area contributed by atoms with Crippen LogP contribution in [0.5, 0.6) is 0 Å². The third-order valence-corrected chi connectivity index (χ3v) is 9.90. The number of aryl methyl sites for hydroxylation is 4. The lowest BCUT2D eigenvalue weighted by Crippen LogP contribution is -2.15. The molecule has 2 N–H and O–H groups in total. The van der Waals surface area contributed by atoms with Crippen molar-refractivity contribution >= 4 is 48.6 Å². The van der Waals surface area contributed by atoms with Crippen molar-refractivity contribution < 1.29 is 31.5 Å². The van der Waals surface area contributed by atoms with E-state index in [1.807, 2.05) is 0 Å². The molecule has 0 amide bonds. The molecular formula is C29H24N4O9S2. The highest BCUT2D eigenvalue weighted by molar-refractivity contribution is 7.93. The fraction of sp³-hybridized carbons (Fsp3) is 0.138. The average Bonchev–Trinajstić information content (AvgIpc) is 3.23. The lowest BCUT2D eigenvalue weighted by Gasteiger charge is -2.13. The summed E-state index contributed by atoms with van der Waals surface area (Å²) in [6.07, 6.45) is 0. The van der Waals surface area contributed by atoms with E-state index in [0.717, 1.165) is 23.3 Å². The van der Waals surface area contributed by atoms with Crippen LogP contribution in [0.1, 0.15) is 38.2 Å². The zero-order valence-electron chi connectivity index (χ0n) is 23.7. The Morgan fingerprint density at radius 3 is 1.30 bits per heavy atom. The summed E-state index contributed by atoms with van der Waals surface area (Å²) in [5.41, 5.74) is -0.633. The number of nitrogens with one attached hydrogen (secondary N) is 2. The average molecular weight is 637 g/mol. The molecule has 44 heavy (non-hydrogen) atoms. The zero-order valence-corrected chi connectivity index (χ0v) is 25.3. The minimum absolute atomic E-state index is 0.213. The van der Waals surface area contributed by atoms with E-state index in [9.17, 15) is 41.9 Å². The van der Waals surface area contributed by atoms with E-state index in [-0.39, 0.29) is 11.4 Å². The number of carbonyl (C=O) groups excluding carboxylic acids is 1. The van der Waals surface area contributed by atoms with Crippen molar-refractivity contribution in [2.45, 2.75) is 37.5 Å². The fourth-order valence-electron chi connectivity index (χ4n) is 4.93. The number of sulfonamides is 2. The van der Waals surface area contributed by atoms with Gasteiger partial charge in [-0.15, -0.1) is 0 Å². The number of nitro benzene ring substituents is 2. The summed E-state index contributed by atoms with van der Waals surface area (Å²) < 4.78 is 58.2. The summed E-state index contributed by atoms with van der Waals surface area (Å²) in [6.45, 7) is 6.80. The Balaban J connectivity index is 1.68. The molecule has 0 aromatic heterocycles. The first-order chi connectivity index (χ1) is 20.5. The summed E-state index contributed by atoms with van der Waals surface area (Å²) in [5.74, 6) is -1.01. The second-order valence-corrected chi connectivity index (χ2v) is 13.8. The van der Waals surface area contributed by atoms with Gasteiger partial charge in [-0.3, -0.25) is 34.5 Å². The van der Waals surface area contributed by atoms with Gasteiger partial charge in [0, 0.05) is 23.3 Å². The predicted molar refractivity (Wildman–Crippen MR) is 162 cm³/mol. The van der Waals surface area contributed by atoms with Gasteiger partial charge in [0.1, 0.15) is 0 Å². The molecule has 0 radical (unpaired) electrons. The van der Waals surface area contributed by atoms with Crippen LogP contribution in [-0.2, 0) is 20.0 Å². The highest BCUT2D eigenvalue weighted by Gasteiger charge is 2.42. The number of hydrogen-bond donors (Lipinski definition) is 2. The van der Waals surface area contributed by atoms with Gasteiger partial charge < -0.3 is 0 Å². The molecule has 0 atom stereocenters. The van der Waals surface area contributed by atoms with E-state index in [1.54, 1.807) is 64.1 Å². The monoisotopic (exact) mass is 636 g/mol. The number of fused-ring (bicyclic) bond motifs is 3. The van der Waals surface area contributed by atoms with Crippen LogP contribution in [0.3, 0.4) is 0 Å². The molecule has 0 bridgehead atoms. The Hall–Kier alpha value is -5.15. The first kappa shape index (κ1) is 30.3. The number of benzene rings is 4. The van der Waals surface area contributed by atoms with Crippen LogP contribution >= 0.6 is 0 Å². The van der Waals surface area contributed by atoms with Gasteiger partial charge in [0.2, 0.25) is 0 Å². The molecule has 1 aliphatic carbocycles. The van der Waals surface area contributed by atoms with Gasteiger partial charge in [-0.05, 0) is 74.2 Å². The van der Waals surface area contributed by atoms with Gasteiger partial charge in [-0.25, -0.2) is 16.8 Å². The Morgan fingerprint density at radius 2 is 0.955 bits per heavy atom. The lowest BCUT2D eigenvalue weighted by atomic mass is 10.0. The van der Waals surface area contributed by atoms with Crippen LogP contribution in [0.2, 0.25) is 0 Å². The number of nitrogens with zero attached hydrogens (tertiary/aromatic N) is 2. The molecule has 13 nitrogen and oxygen atoms in total. The van der Waals surface area contributed by atoms with E-state index in [0.29, 0.717) is 23.3 Å². The maximum atomic E-state index is 13.6. The van der Waals surface area contributed by atoms with Crippen LogP contribution in [-0.4, -0.2) is 32.5 Å². The summed E-state index contributed by atoms with van der Waals surface area (Å²) >= 11 is 0. The predicted octanol–water partition coefficient (Wildman–Crippen LogP) is 5.55.